The minimum Gasteiger partial charge on any atom is -0.655 e. The van der Waals surface area contributed by atoms with Gasteiger partial charge in [-0.05, 0) is 23.0 Å². The Labute approximate surface area is 280 Å². The fourth-order valence-electron chi connectivity index (χ4n) is 7.66. The molecule has 0 radical (unpaired) electrons. The second-order valence-corrected chi connectivity index (χ2v) is 13.8. The van der Waals surface area contributed by atoms with Crippen molar-refractivity contribution >= 4 is 31.9 Å². The van der Waals surface area contributed by atoms with Crippen molar-refractivity contribution in [3.63, 3.8) is 0 Å². The molecule has 3 saturated heterocycles. The van der Waals surface area contributed by atoms with Crippen molar-refractivity contribution < 1.29 is 37.7 Å². The molecule has 2 aromatic carbocycles. The first kappa shape index (κ1) is 31.3. The van der Waals surface area contributed by atoms with Crippen molar-refractivity contribution in [3.8, 4) is 0 Å². The number of alkyl halides is 2. The van der Waals surface area contributed by atoms with E-state index in [2.05, 4.69) is 127 Å². The van der Waals surface area contributed by atoms with Crippen LogP contribution in [0.4, 0.5) is 0 Å². The predicted octanol–water partition coefficient (Wildman–Crippen LogP) is 0.705. The summed E-state index contributed by atoms with van der Waals surface area (Å²) in [6.07, 6.45) is 14.1. The molecule has 0 amide bonds. The van der Waals surface area contributed by atoms with Gasteiger partial charge in [0.1, 0.15) is 0 Å². The number of hydrogen-bond acceptors (Lipinski definition) is 2. The van der Waals surface area contributed by atoms with Crippen LogP contribution in [0.25, 0.3) is 10.6 Å². The second-order valence-electron chi connectivity index (χ2n) is 11.7. The van der Waals surface area contributed by atoms with Crippen molar-refractivity contribution in [1.82, 2.24) is 10.6 Å². The zero-order valence-electron chi connectivity index (χ0n) is 23.5. The number of nitrogens with one attached hydrogen (secondary N) is 2. The van der Waals surface area contributed by atoms with E-state index in [-0.39, 0.29) is 71.5 Å². The molecule has 4 nitrogen and oxygen atoms in total. The first-order valence-electron chi connectivity index (χ1n) is 14.3. The number of benzene rings is 2. The van der Waals surface area contributed by atoms with Crippen LogP contribution in [-0.4, -0.2) is 58.0 Å². The van der Waals surface area contributed by atoms with Gasteiger partial charge in [-0.2, -0.15) is 0 Å². The predicted molar refractivity (Wildman–Crippen MR) is 164 cm³/mol. The average Bonchev–Trinajstić information content (AvgIpc) is 3.77. The summed E-state index contributed by atoms with van der Waals surface area (Å²) in [5.41, 5.74) is 2.77. The van der Waals surface area contributed by atoms with Crippen LogP contribution >= 0.6 is 31.9 Å². The Morgan fingerprint density at radius 3 is 1.25 bits per heavy atom. The van der Waals surface area contributed by atoms with Crippen LogP contribution in [0.1, 0.15) is 48.6 Å². The number of fused-ring (bicyclic) bond motifs is 8. The summed E-state index contributed by atoms with van der Waals surface area (Å²) in [4.78, 5) is 0.573. The van der Waals surface area contributed by atoms with E-state index in [1.807, 2.05) is 0 Å². The number of rotatable bonds is 2. The summed E-state index contributed by atoms with van der Waals surface area (Å²) in [5.74, 6) is 0.676. The SMILES string of the molecule is BrC1C2CCC([N-]2)C(c2ccccc2)C2C=CC(N2)C(Br)C2CCC([N-]2)C(c2ccccc2)C2C=CC1N2.[Li+].[Li+]. The van der Waals surface area contributed by atoms with E-state index in [0.29, 0.717) is 36.0 Å². The molecule has 12 atom stereocenters. The topological polar surface area (TPSA) is 52.3 Å². The van der Waals surface area contributed by atoms with E-state index < -0.39 is 0 Å². The first-order chi connectivity index (χ1) is 18.7. The average molecular weight is 650 g/mol. The molecule has 5 aliphatic rings. The van der Waals surface area contributed by atoms with Crippen LogP contribution < -0.4 is 48.4 Å². The molecule has 8 heteroatoms. The summed E-state index contributed by atoms with van der Waals surface area (Å²) >= 11 is 8.24. The van der Waals surface area contributed by atoms with E-state index in [0.717, 1.165) is 25.7 Å². The molecule has 2 aromatic rings. The molecule has 5 aliphatic heterocycles. The molecule has 0 aromatic heterocycles. The summed E-state index contributed by atoms with van der Waals surface area (Å²) in [5, 5.41) is 19.0. The van der Waals surface area contributed by atoms with Crippen molar-refractivity contribution in [3.05, 3.63) is 107 Å². The molecular formula is C32H36Br2Li2N4. The molecule has 40 heavy (non-hydrogen) atoms. The summed E-state index contributed by atoms with van der Waals surface area (Å²) in [6.45, 7) is 0. The Bertz CT molecular complexity index is 1080. The molecule has 12 unspecified atom stereocenters. The molecule has 200 valence electrons. The fraction of sp³-hybridized carbons (Fsp3) is 0.500. The minimum absolute atomic E-state index is 0. The molecule has 5 heterocycles. The van der Waals surface area contributed by atoms with Crippen LogP contribution in [-0.2, 0) is 0 Å². The zero-order chi connectivity index (χ0) is 25.6. The van der Waals surface area contributed by atoms with Gasteiger partial charge in [0, 0.05) is 33.8 Å². The molecule has 0 saturated carbocycles. The molecule has 0 spiro atoms. The van der Waals surface area contributed by atoms with Crippen molar-refractivity contribution in [2.75, 3.05) is 0 Å². The third kappa shape index (κ3) is 6.12. The standard InChI is InChI=1S/C32H36Br2N4.2Li/c33-31-25-15-11-21(35-25)29(19-7-3-1-4-8-19)22-12-16-26(36-22)32(34)28-18-14-24(38-28)30(20-9-5-2-6-10-20)23-13-17-27(31)37-23;;/h1-11,14-15,18,21-32,35,38H,12-13,16-17H2;;/q-2;2*+1. The molecule has 2 N–H and O–H groups in total. The Morgan fingerprint density at radius 2 is 0.850 bits per heavy atom. The Balaban J connectivity index is 0.00000161. The quantitative estimate of drug-likeness (QED) is 0.286. The van der Waals surface area contributed by atoms with Crippen LogP contribution in [0, 0.1) is 0 Å². The first-order valence-corrected chi connectivity index (χ1v) is 16.2. The van der Waals surface area contributed by atoms with Gasteiger partial charge in [0.15, 0.2) is 0 Å². The van der Waals surface area contributed by atoms with Gasteiger partial charge in [-0.1, -0.05) is 143 Å². The van der Waals surface area contributed by atoms with E-state index in [4.69, 9.17) is 10.6 Å². The molecular weight excluding hydrogens is 614 g/mol. The summed E-state index contributed by atoms with van der Waals surface area (Å²) in [6, 6.07) is 24.4. The maximum atomic E-state index is 5.50. The summed E-state index contributed by atoms with van der Waals surface area (Å²) < 4.78 is 0. The van der Waals surface area contributed by atoms with Gasteiger partial charge in [0.25, 0.3) is 0 Å². The van der Waals surface area contributed by atoms with E-state index in [9.17, 15) is 0 Å². The Hall–Kier alpha value is -0.0852. The second kappa shape index (κ2) is 13.7. The van der Waals surface area contributed by atoms with Crippen LogP contribution in [0.15, 0.2) is 85.0 Å². The number of hydrogen-bond donors (Lipinski definition) is 2. The Kier molecular flexibility index (Phi) is 10.7. The van der Waals surface area contributed by atoms with Crippen LogP contribution in [0.2, 0.25) is 0 Å². The zero-order valence-corrected chi connectivity index (χ0v) is 26.7. The third-order valence-electron chi connectivity index (χ3n) is 9.50. The van der Waals surface area contributed by atoms with E-state index in [1.54, 1.807) is 0 Å². The molecule has 0 aliphatic carbocycles. The Morgan fingerprint density at radius 1 is 0.500 bits per heavy atom. The van der Waals surface area contributed by atoms with E-state index in [1.165, 1.54) is 11.1 Å². The maximum Gasteiger partial charge on any atom is 1.00 e. The van der Waals surface area contributed by atoms with Gasteiger partial charge in [0.2, 0.25) is 0 Å². The largest absolute Gasteiger partial charge is 1.00 e. The maximum absolute atomic E-state index is 5.50. The van der Waals surface area contributed by atoms with Gasteiger partial charge in [0.05, 0.1) is 0 Å². The molecule has 7 rings (SSSR count). The minimum atomic E-state index is 0. The van der Waals surface area contributed by atoms with Crippen LogP contribution in [0.5, 0.6) is 0 Å². The summed E-state index contributed by atoms with van der Waals surface area (Å²) in [7, 11) is 0. The fourth-order valence-corrected chi connectivity index (χ4v) is 9.12. The van der Waals surface area contributed by atoms with Gasteiger partial charge < -0.3 is 21.3 Å². The van der Waals surface area contributed by atoms with Gasteiger partial charge in [-0.15, -0.1) is 24.2 Å². The third-order valence-corrected chi connectivity index (χ3v) is 11.9. The molecule has 8 bridgehead atoms. The monoisotopic (exact) mass is 648 g/mol. The van der Waals surface area contributed by atoms with Gasteiger partial charge in [-0.25, -0.2) is 0 Å². The van der Waals surface area contributed by atoms with E-state index >= 15 is 0 Å². The molecule has 3 fully saturated rings. The van der Waals surface area contributed by atoms with Crippen molar-refractivity contribution in [1.29, 1.82) is 0 Å². The number of nitrogens with zero attached hydrogens (tertiary/aromatic N) is 2. The van der Waals surface area contributed by atoms with Gasteiger partial charge >= 0.3 is 37.7 Å². The smallest absolute Gasteiger partial charge is 0.655 e. The number of halogens is 2. The van der Waals surface area contributed by atoms with Crippen LogP contribution in [0.3, 0.4) is 0 Å². The van der Waals surface area contributed by atoms with Crippen molar-refractivity contribution in [2.24, 2.45) is 0 Å². The van der Waals surface area contributed by atoms with Gasteiger partial charge in [-0.3, -0.25) is 0 Å². The van der Waals surface area contributed by atoms with Crippen molar-refractivity contribution in [2.45, 2.75) is 95.5 Å². The normalized spacial score (nSPS) is 41.9.